The van der Waals surface area contributed by atoms with Gasteiger partial charge in [-0.05, 0) is 42.8 Å². The third-order valence-corrected chi connectivity index (χ3v) is 4.10. The van der Waals surface area contributed by atoms with Crippen LogP contribution >= 0.6 is 11.6 Å². The minimum Gasteiger partial charge on any atom is -0.506 e. The molecule has 0 atom stereocenters. The van der Waals surface area contributed by atoms with E-state index in [1.54, 1.807) is 13.0 Å². The minimum atomic E-state index is -0.0151. The van der Waals surface area contributed by atoms with E-state index in [1.165, 1.54) is 0 Å². The van der Waals surface area contributed by atoms with Crippen molar-refractivity contribution >= 4 is 34.4 Å². The highest BCUT2D eigenvalue weighted by atomic mass is 35.5. The van der Waals surface area contributed by atoms with Crippen molar-refractivity contribution in [3.63, 3.8) is 0 Å². The van der Waals surface area contributed by atoms with Gasteiger partial charge in [-0.15, -0.1) is 0 Å². The molecule has 2 aromatic carbocycles. The quantitative estimate of drug-likeness (QED) is 0.388. The molecule has 6 N–H and O–H groups in total. The Balaban J connectivity index is 2.20. The second kappa shape index (κ2) is 8.10. The molecule has 0 bridgehead atoms. The third-order valence-electron chi connectivity index (χ3n) is 3.72. The average Bonchev–Trinajstić information content (AvgIpc) is 2.58. The lowest BCUT2D eigenvalue weighted by molar-refractivity contribution is 0.281. The normalized spacial score (nSPS) is 10.7. The van der Waals surface area contributed by atoms with Gasteiger partial charge in [-0.25, -0.2) is 0 Å². The summed E-state index contributed by atoms with van der Waals surface area (Å²) in [5, 5.41) is 31.3. The SMILES string of the molecule is Cc1cc(Nc2ccc(N(CCO)CCO)cc2)c(N)c(Cl)c1O. The lowest BCUT2D eigenvalue weighted by atomic mass is 10.1. The number of hydrogen-bond acceptors (Lipinski definition) is 6. The molecule has 0 heterocycles. The van der Waals surface area contributed by atoms with Crippen LogP contribution in [-0.2, 0) is 0 Å². The van der Waals surface area contributed by atoms with Crippen molar-refractivity contribution in [2.24, 2.45) is 0 Å². The van der Waals surface area contributed by atoms with Gasteiger partial charge in [0.1, 0.15) is 10.8 Å². The Labute approximate surface area is 146 Å². The van der Waals surface area contributed by atoms with Gasteiger partial charge < -0.3 is 31.3 Å². The Morgan fingerprint density at radius 3 is 2.25 bits per heavy atom. The molecule has 130 valence electrons. The number of aromatic hydroxyl groups is 1. The molecule has 6 nitrogen and oxygen atoms in total. The summed E-state index contributed by atoms with van der Waals surface area (Å²) in [7, 11) is 0. The topological polar surface area (TPSA) is 102 Å². The van der Waals surface area contributed by atoms with Crippen molar-refractivity contribution in [3.8, 4) is 5.75 Å². The highest BCUT2D eigenvalue weighted by Gasteiger charge is 2.12. The summed E-state index contributed by atoms with van der Waals surface area (Å²) in [4.78, 5) is 1.89. The van der Waals surface area contributed by atoms with Crippen LogP contribution in [0.1, 0.15) is 5.56 Å². The predicted octanol–water partition coefficient (Wildman–Crippen LogP) is 2.47. The second-order valence-corrected chi connectivity index (χ2v) is 5.80. The minimum absolute atomic E-state index is 0.0151. The maximum Gasteiger partial charge on any atom is 0.139 e. The molecule has 2 rings (SSSR count). The van der Waals surface area contributed by atoms with Gasteiger partial charge in [0, 0.05) is 24.5 Å². The number of phenols is 1. The number of rotatable bonds is 7. The molecule has 0 unspecified atom stereocenters. The van der Waals surface area contributed by atoms with E-state index in [0.29, 0.717) is 24.3 Å². The van der Waals surface area contributed by atoms with Crippen molar-refractivity contribution in [3.05, 3.63) is 40.9 Å². The molecule has 2 aromatic rings. The first-order chi connectivity index (χ1) is 11.5. The summed E-state index contributed by atoms with van der Waals surface area (Å²) in [5.74, 6) is -0.0151. The van der Waals surface area contributed by atoms with Crippen LogP contribution in [0.4, 0.5) is 22.7 Å². The predicted molar refractivity (Wildman–Crippen MR) is 98.4 cm³/mol. The number of nitrogen functional groups attached to an aromatic ring is 1. The first-order valence-electron chi connectivity index (χ1n) is 7.59. The van der Waals surface area contributed by atoms with Crippen LogP contribution in [0.15, 0.2) is 30.3 Å². The molecule has 0 fully saturated rings. The van der Waals surface area contributed by atoms with Crippen molar-refractivity contribution in [1.82, 2.24) is 0 Å². The Morgan fingerprint density at radius 1 is 1.12 bits per heavy atom. The van der Waals surface area contributed by atoms with E-state index >= 15 is 0 Å². The van der Waals surface area contributed by atoms with Gasteiger partial charge >= 0.3 is 0 Å². The van der Waals surface area contributed by atoms with E-state index in [2.05, 4.69) is 5.32 Å². The summed E-state index contributed by atoms with van der Waals surface area (Å²) < 4.78 is 0. The number of nitrogens with zero attached hydrogens (tertiary/aromatic N) is 1. The lowest BCUT2D eigenvalue weighted by Crippen LogP contribution is -2.29. The number of nitrogens with one attached hydrogen (secondary N) is 1. The maximum atomic E-state index is 9.79. The van der Waals surface area contributed by atoms with Gasteiger partial charge in [-0.2, -0.15) is 0 Å². The van der Waals surface area contributed by atoms with E-state index in [-0.39, 0.29) is 29.7 Å². The van der Waals surface area contributed by atoms with Gasteiger partial charge in [0.25, 0.3) is 0 Å². The molecule has 0 radical (unpaired) electrons. The number of halogens is 1. The van der Waals surface area contributed by atoms with Crippen LogP contribution in [-0.4, -0.2) is 41.6 Å². The summed E-state index contributed by atoms with van der Waals surface area (Å²) in [6.07, 6.45) is 0. The number of hydrogen-bond donors (Lipinski definition) is 5. The van der Waals surface area contributed by atoms with Gasteiger partial charge in [0.05, 0.1) is 24.6 Å². The number of aryl methyl sites for hydroxylation is 1. The number of aliphatic hydroxyl groups is 2. The summed E-state index contributed by atoms with van der Waals surface area (Å²) in [5.41, 5.74) is 9.17. The van der Waals surface area contributed by atoms with Crippen LogP contribution in [0.5, 0.6) is 5.75 Å². The molecular weight excluding hydrogens is 330 g/mol. The Morgan fingerprint density at radius 2 is 1.71 bits per heavy atom. The maximum absolute atomic E-state index is 9.79. The second-order valence-electron chi connectivity index (χ2n) is 5.42. The van der Waals surface area contributed by atoms with Crippen molar-refractivity contribution < 1.29 is 15.3 Å². The molecule has 0 aliphatic carbocycles. The molecule has 0 aromatic heterocycles. The van der Waals surface area contributed by atoms with Gasteiger partial charge in [0.15, 0.2) is 0 Å². The van der Waals surface area contributed by atoms with Gasteiger partial charge in [-0.1, -0.05) is 11.6 Å². The fourth-order valence-electron chi connectivity index (χ4n) is 2.41. The zero-order valence-corrected chi connectivity index (χ0v) is 14.2. The smallest absolute Gasteiger partial charge is 0.139 e. The molecule has 0 spiro atoms. The summed E-state index contributed by atoms with van der Waals surface area (Å²) >= 11 is 6.02. The first-order valence-corrected chi connectivity index (χ1v) is 7.97. The molecule has 0 saturated heterocycles. The van der Waals surface area contributed by atoms with Crippen LogP contribution in [0.3, 0.4) is 0 Å². The van der Waals surface area contributed by atoms with Crippen LogP contribution < -0.4 is 16.0 Å². The average molecular weight is 352 g/mol. The van der Waals surface area contributed by atoms with E-state index in [0.717, 1.165) is 11.4 Å². The van der Waals surface area contributed by atoms with E-state index in [9.17, 15) is 5.11 Å². The van der Waals surface area contributed by atoms with Gasteiger partial charge in [-0.3, -0.25) is 0 Å². The largest absolute Gasteiger partial charge is 0.506 e. The molecule has 0 saturated carbocycles. The van der Waals surface area contributed by atoms with Crippen LogP contribution in [0.2, 0.25) is 5.02 Å². The number of benzene rings is 2. The van der Waals surface area contributed by atoms with Crippen molar-refractivity contribution in [2.45, 2.75) is 6.92 Å². The third kappa shape index (κ3) is 4.03. The molecule has 0 amide bonds. The number of nitrogens with two attached hydrogens (primary N) is 1. The Hall–Kier alpha value is -2.15. The molecule has 7 heteroatoms. The molecule has 0 aliphatic heterocycles. The van der Waals surface area contributed by atoms with E-state index in [1.807, 2.05) is 29.2 Å². The van der Waals surface area contributed by atoms with E-state index in [4.69, 9.17) is 27.5 Å². The van der Waals surface area contributed by atoms with E-state index < -0.39 is 0 Å². The summed E-state index contributed by atoms with van der Waals surface area (Å²) in [6.45, 7) is 2.68. The van der Waals surface area contributed by atoms with Crippen molar-refractivity contribution in [2.75, 3.05) is 42.3 Å². The number of aliphatic hydroxyl groups excluding tert-OH is 2. The fraction of sp³-hybridized carbons (Fsp3) is 0.294. The van der Waals surface area contributed by atoms with Crippen molar-refractivity contribution in [1.29, 1.82) is 0 Å². The fourth-order valence-corrected chi connectivity index (χ4v) is 2.66. The lowest BCUT2D eigenvalue weighted by Gasteiger charge is -2.23. The molecular formula is C17H22ClN3O3. The van der Waals surface area contributed by atoms with Crippen LogP contribution in [0, 0.1) is 6.92 Å². The Bertz CT molecular complexity index is 686. The first kappa shape index (κ1) is 18.2. The standard InChI is InChI=1S/C17H22ClN3O3/c1-11-10-14(16(19)15(18)17(11)24)20-12-2-4-13(5-3-12)21(6-8-22)7-9-23/h2-5,10,20,22-24H,6-9,19H2,1H3. The number of anilines is 4. The number of phenolic OH excluding ortho intramolecular Hbond substituents is 1. The molecule has 0 aliphatic rings. The molecule has 24 heavy (non-hydrogen) atoms. The highest BCUT2D eigenvalue weighted by molar-refractivity contribution is 6.35. The van der Waals surface area contributed by atoms with Crippen LogP contribution in [0.25, 0.3) is 0 Å². The highest BCUT2D eigenvalue weighted by Crippen LogP contribution is 2.39. The zero-order valence-electron chi connectivity index (χ0n) is 13.5. The zero-order chi connectivity index (χ0) is 17.7. The summed E-state index contributed by atoms with van der Waals surface area (Å²) in [6, 6.07) is 9.24. The Kier molecular flexibility index (Phi) is 6.14. The monoisotopic (exact) mass is 351 g/mol. The van der Waals surface area contributed by atoms with Gasteiger partial charge in [0.2, 0.25) is 0 Å².